The first kappa shape index (κ1) is 18.7. The van der Waals surface area contributed by atoms with Crippen molar-refractivity contribution in [3.05, 3.63) is 67.7 Å². The van der Waals surface area contributed by atoms with Gasteiger partial charge in [-0.05, 0) is 36.2 Å². The number of nitrogens with one attached hydrogen (secondary N) is 1. The molecule has 0 aliphatic heterocycles. The summed E-state index contributed by atoms with van der Waals surface area (Å²) in [7, 11) is 0. The van der Waals surface area contributed by atoms with Crippen molar-refractivity contribution in [3.8, 4) is 0 Å². The summed E-state index contributed by atoms with van der Waals surface area (Å²) in [5.41, 5.74) is 1.66. The van der Waals surface area contributed by atoms with Crippen LogP contribution >= 0.6 is 23.2 Å². The van der Waals surface area contributed by atoms with Crippen molar-refractivity contribution < 1.29 is 14.6 Å². The highest BCUT2D eigenvalue weighted by Crippen LogP contribution is 2.32. The molecule has 0 radical (unpaired) electrons. The van der Waals surface area contributed by atoms with E-state index in [1.807, 2.05) is 0 Å². The molecule has 0 aliphatic rings. The van der Waals surface area contributed by atoms with Gasteiger partial charge in [-0.1, -0.05) is 34.4 Å². The second-order valence-corrected chi connectivity index (χ2v) is 5.74. The van der Waals surface area contributed by atoms with Gasteiger partial charge in [0, 0.05) is 12.1 Å². The van der Waals surface area contributed by atoms with E-state index < -0.39 is 10.8 Å². The lowest BCUT2D eigenvalue weighted by atomic mass is 10.2. The molecule has 0 aromatic heterocycles. The monoisotopic (exact) mass is 381 g/mol. The van der Waals surface area contributed by atoms with Gasteiger partial charge in [0.2, 0.25) is 0 Å². The van der Waals surface area contributed by atoms with Crippen LogP contribution in [0, 0.1) is 17.0 Å². The molecule has 0 atom stereocenters. The van der Waals surface area contributed by atoms with E-state index in [0.29, 0.717) is 21.3 Å². The van der Waals surface area contributed by atoms with Gasteiger partial charge in [0.1, 0.15) is 0 Å². The summed E-state index contributed by atoms with van der Waals surface area (Å²) in [5, 5.41) is 17.4. The normalized spacial score (nSPS) is 10.7. The third-order valence-electron chi connectivity index (χ3n) is 3.12. The lowest BCUT2D eigenvalue weighted by Gasteiger charge is -2.10. The summed E-state index contributed by atoms with van der Waals surface area (Å²) >= 11 is 12.1. The maximum Gasteiger partial charge on any atom is 0.269 e. The number of nitro benzene ring substituents is 1. The number of non-ortho nitro benzene ring substituents is 1. The van der Waals surface area contributed by atoms with Gasteiger partial charge in [-0.25, -0.2) is 0 Å². The Kier molecular flexibility index (Phi) is 6.32. The highest BCUT2D eigenvalue weighted by molar-refractivity contribution is 6.40. The Morgan fingerprint density at radius 1 is 1.28 bits per heavy atom. The van der Waals surface area contributed by atoms with E-state index in [4.69, 9.17) is 28.0 Å². The van der Waals surface area contributed by atoms with Crippen LogP contribution in [0.5, 0.6) is 0 Å². The first-order valence-corrected chi connectivity index (χ1v) is 7.78. The number of carbonyl (C=O) groups is 1. The molecule has 25 heavy (non-hydrogen) atoms. The second kappa shape index (κ2) is 8.46. The number of rotatable bonds is 6. The number of nitro groups is 1. The summed E-state index contributed by atoms with van der Waals surface area (Å²) in [5.74, 6) is -0.477. The molecule has 0 bridgehead atoms. The molecule has 2 aromatic rings. The van der Waals surface area contributed by atoms with Gasteiger partial charge in [0.25, 0.3) is 11.6 Å². The van der Waals surface area contributed by atoms with Crippen molar-refractivity contribution in [2.45, 2.75) is 6.92 Å². The highest BCUT2D eigenvalue weighted by Gasteiger charge is 2.12. The average molecular weight is 382 g/mol. The van der Waals surface area contributed by atoms with Crippen LogP contribution in [-0.2, 0) is 9.63 Å². The molecule has 2 rings (SSSR count). The number of nitrogens with zero attached hydrogens (tertiary/aromatic N) is 2. The number of hydrogen-bond donors (Lipinski definition) is 1. The minimum Gasteiger partial charge on any atom is -0.386 e. The zero-order valence-electron chi connectivity index (χ0n) is 13.0. The standard InChI is InChI=1S/C16H13Cl2N3O4/c1-10-2-7-13(17)16(15(10)18)20-14(22)9-25-19-8-11-3-5-12(6-4-11)21(23)24/h2-8H,9H2,1H3,(H,20,22). The molecule has 1 N–H and O–H groups in total. The van der Waals surface area contributed by atoms with Crippen molar-refractivity contribution in [2.24, 2.45) is 5.16 Å². The number of anilines is 1. The number of oxime groups is 1. The van der Waals surface area contributed by atoms with E-state index in [1.54, 1.807) is 19.1 Å². The van der Waals surface area contributed by atoms with Crippen LogP contribution in [-0.4, -0.2) is 23.7 Å². The van der Waals surface area contributed by atoms with Gasteiger partial charge in [-0.2, -0.15) is 0 Å². The molecular formula is C16H13Cl2N3O4. The first-order chi connectivity index (χ1) is 11.9. The molecular weight excluding hydrogens is 369 g/mol. The van der Waals surface area contributed by atoms with Crippen molar-refractivity contribution in [2.75, 3.05) is 11.9 Å². The number of aryl methyl sites for hydroxylation is 1. The molecule has 0 saturated heterocycles. The minimum atomic E-state index is -0.497. The lowest BCUT2D eigenvalue weighted by Crippen LogP contribution is -2.17. The van der Waals surface area contributed by atoms with Gasteiger partial charge < -0.3 is 10.2 Å². The van der Waals surface area contributed by atoms with Crippen molar-refractivity contribution >= 4 is 46.7 Å². The van der Waals surface area contributed by atoms with Gasteiger partial charge in [-0.3, -0.25) is 14.9 Å². The molecule has 0 unspecified atom stereocenters. The maximum atomic E-state index is 11.9. The highest BCUT2D eigenvalue weighted by atomic mass is 35.5. The van der Waals surface area contributed by atoms with E-state index >= 15 is 0 Å². The van der Waals surface area contributed by atoms with Crippen molar-refractivity contribution in [3.63, 3.8) is 0 Å². The van der Waals surface area contributed by atoms with E-state index in [-0.39, 0.29) is 12.3 Å². The zero-order chi connectivity index (χ0) is 18.4. The molecule has 130 valence electrons. The SMILES string of the molecule is Cc1ccc(Cl)c(NC(=O)CON=Cc2ccc([N+](=O)[O-])cc2)c1Cl. The molecule has 7 nitrogen and oxygen atoms in total. The van der Waals surface area contributed by atoms with Crippen molar-refractivity contribution in [1.82, 2.24) is 0 Å². The third-order valence-corrected chi connectivity index (χ3v) is 3.93. The number of halogens is 2. The average Bonchev–Trinajstić information content (AvgIpc) is 2.59. The topological polar surface area (TPSA) is 93.8 Å². The van der Waals surface area contributed by atoms with Gasteiger partial charge >= 0.3 is 0 Å². The number of benzene rings is 2. The lowest BCUT2D eigenvalue weighted by molar-refractivity contribution is -0.384. The molecule has 0 fully saturated rings. The smallest absolute Gasteiger partial charge is 0.269 e. The molecule has 0 heterocycles. The molecule has 9 heteroatoms. The Bertz CT molecular complexity index is 823. The van der Waals surface area contributed by atoms with Gasteiger partial charge in [0.05, 0.1) is 26.9 Å². The van der Waals surface area contributed by atoms with Crippen LogP contribution in [0.3, 0.4) is 0 Å². The van der Waals surface area contributed by atoms with Crippen LogP contribution in [0.4, 0.5) is 11.4 Å². The van der Waals surface area contributed by atoms with Crippen LogP contribution in [0.25, 0.3) is 0 Å². The number of carbonyl (C=O) groups excluding carboxylic acids is 1. The summed E-state index contributed by atoms with van der Waals surface area (Å²) in [6.45, 7) is 1.45. The second-order valence-electron chi connectivity index (χ2n) is 4.96. The summed E-state index contributed by atoms with van der Waals surface area (Å²) in [4.78, 5) is 26.8. The maximum absolute atomic E-state index is 11.9. The van der Waals surface area contributed by atoms with E-state index in [9.17, 15) is 14.9 Å². The Balaban J connectivity index is 1.88. The predicted octanol–water partition coefficient (Wildman–Crippen LogP) is 4.20. The fraction of sp³-hybridized carbons (Fsp3) is 0.125. The Morgan fingerprint density at radius 3 is 2.60 bits per heavy atom. The molecule has 0 saturated carbocycles. The fourth-order valence-corrected chi connectivity index (χ4v) is 2.29. The van der Waals surface area contributed by atoms with E-state index in [0.717, 1.165) is 5.56 Å². The quantitative estimate of drug-likeness (QED) is 0.460. The third kappa shape index (κ3) is 5.17. The Hall–Kier alpha value is -2.64. The van der Waals surface area contributed by atoms with Gasteiger partial charge in [0.15, 0.2) is 6.61 Å². The molecule has 0 spiro atoms. The number of amides is 1. The Morgan fingerprint density at radius 2 is 1.96 bits per heavy atom. The van der Waals surface area contributed by atoms with Crippen LogP contribution in [0.15, 0.2) is 41.6 Å². The summed E-state index contributed by atoms with van der Waals surface area (Å²) in [6.07, 6.45) is 1.34. The number of hydrogen-bond acceptors (Lipinski definition) is 5. The summed E-state index contributed by atoms with van der Waals surface area (Å²) < 4.78 is 0. The minimum absolute atomic E-state index is 0.0237. The molecule has 0 aliphatic carbocycles. The first-order valence-electron chi connectivity index (χ1n) is 7.02. The van der Waals surface area contributed by atoms with Crippen molar-refractivity contribution in [1.29, 1.82) is 0 Å². The van der Waals surface area contributed by atoms with Crippen LogP contribution in [0.2, 0.25) is 10.0 Å². The van der Waals surface area contributed by atoms with Gasteiger partial charge in [-0.15, -0.1) is 0 Å². The largest absolute Gasteiger partial charge is 0.386 e. The van der Waals surface area contributed by atoms with Crippen LogP contribution in [0.1, 0.15) is 11.1 Å². The molecule has 1 amide bonds. The fourth-order valence-electron chi connectivity index (χ4n) is 1.82. The summed E-state index contributed by atoms with van der Waals surface area (Å²) in [6, 6.07) is 9.08. The zero-order valence-corrected chi connectivity index (χ0v) is 14.5. The van der Waals surface area contributed by atoms with Crippen LogP contribution < -0.4 is 5.32 Å². The molecule has 2 aromatic carbocycles. The van der Waals surface area contributed by atoms with E-state index in [1.165, 1.54) is 30.5 Å². The van der Waals surface area contributed by atoms with E-state index in [2.05, 4.69) is 10.5 Å². The predicted molar refractivity (Wildman–Crippen MR) is 96.5 cm³/mol. The Labute approximate surface area is 153 Å².